The Morgan fingerprint density at radius 3 is 2.74 bits per heavy atom. The lowest BCUT2D eigenvalue weighted by Gasteiger charge is -2.07. The van der Waals surface area contributed by atoms with Crippen LogP contribution in [0, 0.1) is 0 Å². The first kappa shape index (κ1) is 21.4. The predicted octanol–water partition coefficient (Wildman–Crippen LogP) is 5.45. The molecule has 0 unspecified atom stereocenters. The molecule has 0 atom stereocenters. The second-order valence-corrected chi connectivity index (χ2v) is 8.61. The molecule has 0 saturated heterocycles. The van der Waals surface area contributed by atoms with Gasteiger partial charge in [-0.2, -0.15) is 0 Å². The number of para-hydroxylation sites is 1. The fraction of sp³-hybridized carbons (Fsp3) is 0.174. The van der Waals surface area contributed by atoms with Gasteiger partial charge >= 0.3 is 11.6 Å². The number of carbonyl (C=O) groups is 1. The fourth-order valence-corrected chi connectivity index (χ4v) is 4.06. The lowest BCUT2D eigenvalue weighted by Crippen LogP contribution is -2.08. The summed E-state index contributed by atoms with van der Waals surface area (Å²) in [6.07, 6.45) is 2.55. The lowest BCUT2D eigenvalue weighted by molar-refractivity contribution is -0.140. The molecule has 0 aliphatic carbocycles. The minimum absolute atomic E-state index is 0.124. The minimum atomic E-state index is -0.460. The maximum atomic E-state index is 12.6. The number of halogens is 1. The third-order valence-electron chi connectivity index (χ3n) is 4.48. The molecule has 8 heteroatoms. The van der Waals surface area contributed by atoms with Gasteiger partial charge in [-0.15, -0.1) is 0 Å². The number of hydrogen-bond donors (Lipinski definition) is 0. The Balaban J connectivity index is 1.74. The van der Waals surface area contributed by atoms with E-state index in [4.69, 9.17) is 9.15 Å². The third kappa shape index (κ3) is 4.91. The van der Waals surface area contributed by atoms with Gasteiger partial charge in [-0.1, -0.05) is 52.8 Å². The van der Waals surface area contributed by atoms with Crippen molar-refractivity contribution in [3.63, 3.8) is 0 Å². The third-order valence-corrected chi connectivity index (χ3v) is 5.94. The number of hydrogen-bond acceptors (Lipinski definition) is 6. The van der Waals surface area contributed by atoms with E-state index in [1.165, 1.54) is 11.8 Å². The molecule has 6 nitrogen and oxygen atoms in total. The first-order chi connectivity index (χ1) is 15.0. The molecule has 0 saturated carbocycles. The Morgan fingerprint density at radius 2 is 1.97 bits per heavy atom. The highest BCUT2D eigenvalue weighted by Crippen LogP contribution is 2.28. The van der Waals surface area contributed by atoms with Gasteiger partial charge in [0.05, 0.1) is 23.6 Å². The maximum Gasteiger partial charge on any atom is 0.345 e. The number of aromatic nitrogens is 2. The molecule has 0 amide bonds. The van der Waals surface area contributed by atoms with E-state index in [2.05, 4.69) is 20.9 Å². The highest BCUT2D eigenvalue weighted by Gasteiger charge is 2.17. The lowest BCUT2D eigenvalue weighted by atomic mass is 10.1. The summed E-state index contributed by atoms with van der Waals surface area (Å²) in [6, 6.07) is 16.8. The molecule has 0 aliphatic rings. The average molecular weight is 499 g/mol. The van der Waals surface area contributed by atoms with Crippen molar-refractivity contribution in [2.45, 2.75) is 18.5 Å². The Kier molecular flexibility index (Phi) is 6.58. The van der Waals surface area contributed by atoms with E-state index in [-0.39, 0.29) is 11.7 Å². The van der Waals surface area contributed by atoms with Crippen LogP contribution in [0.1, 0.15) is 13.3 Å². The number of esters is 1. The summed E-state index contributed by atoms with van der Waals surface area (Å²) in [6.45, 7) is 2.34. The van der Waals surface area contributed by atoms with Gasteiger partial charge in [0.1, 0.15) is 5.58 Å². The van der Waals surface area contributed by atoms with E-state index in [0.29, 0.717) is 28.6 Å². The average Bonchev–Trinajstić information content (AvgIpc) is 3.20. The normalized spacial score (nSPS) is 11.0. The van der Waals surface area contributed by atoms with Gasteiger partial charge in [-0.05, 0) is 42.8 Å². The second-order valence-electron chi connectivity index (χ2n) is 6.75. The van der Waals surface area contributed by atoms with Crippen molar-refractivity contribution in [3.8, 4) is 16.9 Å². The topological polar surface area (TPSA) is 74.3 Å². The summed E-state index contributed by atoms with van der Waals surface area (Å²) in [5.41, 5.74) is 1.77. The first-order valence-corrected chi connectivity index (χ1v) is 11.5. The molecule has 158 valence electrons. The van der Waals surface area contributed by atoms with Crippen LogP contribution >= 0.6 is 27.7 Å². The van der Waals surface area contributed by atoms with E-state index in [9.17, 15) is 9.59 Å². The summed E-state index contributed by atoms with van der Waals surface area (Å²) >= 11 is 4.70. The summed E-state index contributed by atoms with van der Waals surface area (Å²) in [5.74, 6) is -0.178. The highest BCUT2D eigenvalue weighted by molar-refractivity contribution is 9.10. The summed E-state index contributed by atoms with van der Waals surface area (Å²) in [7, 11) is 0. The molecule has 0 N–H and O–H groups in total. The summed E-state index contributed by atoms with van der Waals surface area (Å²) in [4.78, 5) is 29.3. The summed E-state index contributed by atoms with van der Waals surface area (Å²) < 4.78 is 13.4. The van der Waals surface area contributed by atoms with E-state index in [0.717, 1.165) is 22.0 Å². The van der Waals surface area contributed by atoms with Crippen LogP contribution in [-0.4, -0.2) is 27.9 Å². The molecule has 0 spiro atoms. The number of rotatable bonds is 7. The van der Waals surface area contributed by atoms with Gasteiger partial charge < -0.3 is 9.15 Å². The Hall–Kier alpha value is -2.84. The number of carbonyl (C=O) groups excluding carboxylic acids is 1. The largest absolute Gasteiger partial charge is 0.465 e. The van der Waals surface area contributed by atoms with Crippen molar-refractivity contribution in [1.82, 2.24) is 9.55 Å². The SMILES string of the molecule is CCCOC(=O)CSc1nc(-c2cc3ccccc3oc2=O)cn1-c1ccc(Br)cc1. The Bertz CT molecular complexity index is 1280. The Morgan fingerprint density at radius 1 is 1.19 bits per heavy atom. The highest BCUT2D eigenvalue weighted by atomic mass is 79.9. The molecule has 4 aromatic rings. The maximum absolute atomic E-state index is 12.6. The van der Waals surface area contributed by atoms with Crippen LogP contribution in [0.3, 0.4) is 0 Å². The zero-order chi connectivity index (χ0) is 21.8. The molecule has 4 rings (SSSR count). The van der Waals surface area contributed by atoms with Gasteiger partial charge in [0.15, 0.2) is 5.16 Å². The van der Waals surface area contributed by atoms with Gasteiger partial charge in [0.2, 0.25) is 0 Å². The van der Waals surface area contributed by atoms with Crippen LogP contribution in [0.2, 0.25) is 0 Å². The Labute approximate surface area is 191 Å². The second kappa shape index (κ2) is 9.53. The molecule has 2 heterocycles. The molecule has 2 aromatic heterocycles. The molecule has 31 heavy (non-hydrogen) atoms. The van der Waals surface area contributed by atoms with E-state index < -0.39 is 5.63 Å². The van der Waals surface area contributed by atoms with Crippen molar-refractivity contribution in [2.75, 3.05) is 12.4 Å². The zero-order valence-electron chi connectivity index (χ0n) is 16.7. The minimum Gasteiger partial charge on any atom is -0.465 e. The number of thioether (sulfide) groups is 1. The van der Waals surface area contributed by atoms with E-state index in [1.807, 2.05) is 54.0 Å². The molecule has 0 aliphatic heterocycles. The van der Waals surface area contributed by atoms with Crippen LogP contribution in [0.15, 0.2) is 79.6 Å². The van der Waals surface area contributed by atoms with Crippen LogP contribution in [-0.2, 0) is 9.53 Å². The van der Waals surface area contributed by atoms with Gasteiger partial charge in [0, 0.05) is 21.7 Å². The van der Waals surface area contributed by atoms with Crippen molar-refractivity contribution >= 4 is 44.6 Å². The number of ether oxygens (including phenoxy) is 1. The van der Waals surface area contributed by atoms with Crippen LogP contribution in [0.4, 0.5) is 0 Å². The molecule has 0 bridgehead atoms. The smallest absolute Gasteiger partial charge is 0.345 e. The number of nitrogens with zero attached hydrogens (tertiary/aromatic N) is 2. The van der Waals surface area contributed by atoms with Crippen LogP contribution in [0.25, 0.3) is 27.9 Å². The van der Waals surface area contributed by atoms with Gasteiger partial charge in [0.25, 0.3) is 0 Å². The summed E-state index contributed by atoms with van der Waals surface area (Å²) in [5, 5.41) is 1.39. The van der Waals surface area contributed by atoms with Crippen molar-refractivity contribution in [1.29, 1.82) is 0 Å². The number of fused-ring (bicyclic) bond motifs is 1. The molecule has 2 aromatic carbocycles. The van der Waals surface area contributed by atoms with Crippen LogP contribution in [0.5, 0.6) is 0 Å². The molecule has 0 fully saturated rings. The van der Waals surface area contributed by atoms with Gasteiger partial charge in [-0.25, -0.2) is 9.78 Å². The predicted molar refractivity (Wildman–Crippen MR) is 125 cm³/mol. The first-order valence-electron chi connectivity index (χ1n) is 9.72. The van der Waals surface area contributed by atoms with Gasteiger partial charge in [-0.3, -0.25) is 9.36 Å². The number of imidazole rings is 1. The monoisotopic (exact) mass is 498 g/mol. The molecular formula is C23H19BrN2O4S. The van der Waals surface area contributed by atoms with E-state index >= 15 is 0 Å². The quantitative estimate of drug-likeness (QED) is 0.191. The van der Waals surface area contributed by atoms with E-state index in [1.54, 1.807) is 18.3 Å². The molecular weight excluding hydrogens is 480 g/mol. The fourth-order valence-electron chi connectivity index (χ4n) is 3.00. The van der Waals surface area contributed by atoms with Crippen molar-refractivity contribution in [2.24, 2.45) is 0 Å². The standard InChI is InChI=1S/C23H19BrN2O4S/c1-2-11-29-21(27)14-31-23-25-19(13-26(23)17-9-7-16(24)8-10-17)18-12-15-5-3-4-6-20(15)30-22(18)28/h3-10,12-13H,2,11,14H2,1H3. The van der Waals surface area contributed by atoms with Crippen molar-refractivity contribution < 1.29 is 13.9 Å². The van der Waals surface area contributed by atoms with Crippen LogP contribution < -0.4 is 5.63 Å². The number of benzene rings is 2. The molecule has 0 radical (unpaired) electrons. The zero-order valence-corrected chi connectivity index (χ0v) is 19.1. The van der Waals surface area contributed by atoms with Crippen molar-refractivity contribution in [3.05, 3.63) is 75.7 Å².